The molecule has 0 spiro atoms. The zero-order chi connectivity index (χ0) is 24.9. The Labute approximate surface area is 188 Å². The van der Waals surface area contributed by atoms with Gasteiger partial charge in [-0.05, 0) is 38.3 Å². The van der Waals surface area contributed by atoms with Crippen molar-refractivity contribution in [1.82, 2.24) is 5.32 Å². The standard InChI is InChI=1S/C17H29N7O9/c1-17(2,3)33-16(30)20-6-4-7(21-23-18)14(13(29)10(6)26)32-15-9(22-24-19)12(28)11(27)8(5-25)31-15/h6-15,25-29H,4-5H2,1-3H3,(H,20,30)/t6-,7?,8?,9+,10-,11-,12?,13?,14-,15-/m1/s1. The van der Waals surface area contributed by atoms with Crippen molar-refractivity contribution in [2.75, 3.05) is 6.61 Å². The van der Waals surface area contributed by atoms with E-state index in [0.29, 0.717) is 0 Å². The molecule has 2 aliphatic rings. The number of carbonyl (C=O) groups excluding carboxylic acids is 1. The molecule has 1 amide bonds. The van der Waals surface area contributed by atoms with Gasteiger partial charge in [0.2, 0.25) is 0 Å². The van der Waals surface area contributed by atoms with E-state index in [0.717, 1.165) is 0 Å². The number of carbonyl (C=O) groups is 1. The molecule has 0 bridgehead atoms. The Morgan fingerprint density at radius 1 is 1.09 bits per heavy atom. The van der Waals surface area contributed by atoms with Gasteiger partial charge < -0.3 is 45.1 Å². The number of alkyl carbamates (subject to hydrolysis) is 1. The topological polar surface area (TPSA) is 255 Å². The molecule has 2 rings (SSSR count). The van der Waals surface area contributed by atoms with Crippen LogP contribution < -0.4 is 5.32 Å². The quantitative estimate of drug-likeness (QED) is 0.159. The summed E-state index contributed by atoms with van der Waals surface area (Å²) in [6.45, 7) is 4.21. The van der Waals surface area contributed by atoms with Gasteiger partial charge in [0.15, 0.2) is 6.29 Å². The van der Waals surface area contributed by atoms with Crippen LogP contribution in [0.4, 0.5) is 4.79 Å². The third-order valence-corrected chi connectivity index (χ3v) is 5.20. The lowest BCUT2D eigenvalue weighted by molar-refractivity contribution is -0.294. The molecule has 0 aromatic rings. The minimum absolute atomic E-state index is 0.167. The molecular formula is C17H29N7O9. The number of hydrogen-bond acceptors (Lipinski definition) is 11. The molecule has 16 heteroatoms. The number of nitrogens with one attached hydrogen (secondary N) is 1. The van der Waals surface area contributed by atoms with Crippen LogP contribution in [0.5, 0.6) is 0 Å². The SMILES string of the molecule is CC(C)(C)OC(=O)N[C@@H]1CC(N=[N+]=[N-])[C@@H](O[C@H]2OC(CO)[C@@H](O)C(O)[C@@H]2N=[N+]=[N-])C(O)[C@@H]1O. The van der Waals surface area contributed by atoms with E-state index >= 15 is 0 Å². The van der Waals surface area contributed by atoms with Gasteiger partial charge in [-0.15, -0.1) is 0 Å². The van der Waals surface area contributed by atoms with E-state index in [4.69, 9.17) is 25.3 Å². The second kappa shape index (κ2) is 11.2. The summed E-state index contributed by atoms with van der Waals surface area (Å²) >= 11 is 0. The lowest BCUT2D eigenvalue weighted by Crippen LogP contribution is -2.64. The van der Waals surface area contributed by atoms with Crippen LogP contribution in [0.25, 0.3) is 20.9 Å². The maximum atomic E-state index is 12.1. The summed E-state index contributed by atoms with van der Waals surface area (Å²) in [5.41, 5.74) is 16.9. The van der Waals surface area contributed by atoms with Gasteiger partial charge in [0, 0.05) is 9.82 Å². The molecule has 4 unspecified atom stereocenters. The third kappa shape index (κ3) is 6.57. The Balaban J connectivity index is 2.24. The van der Waals surface area contributed by atoms with Crippen molar-refractivity contribution in [1.29, 1.82) is 0 Å². The smallest absolute Gasteiger partial charge is 0.407 e. The number of hydrogen-bond donors (Lipinski definition) is 6. The molecule has 0 aromatic heterocycles. The lowest BCUT2D eigenvalue weighted by Gasteiger charge is -2.45. The van der Waals surface area contributed by atoms with Crippen molar-refractivity contribution in [3.63, 3.8) is 0 Å². The van der Waals surface area contributed by atoms with Crippen LogP contribution >= 0.6 is 0 Å². The molecule has 33 heavy (non-hydrogen) atoms. The monoisotopic (exact) mass is 475 g/mol. The lowest BCUT2D eigenvalue weighted by atomic mass is 9.84. The second-order valence-electron chi connectivity index (χ2n) is 8.74. The highest BCUT2D eigenvalue weighted by atomic mass is 16.7. The van der Waals surface area contributed by atoms with E-state index in [9.17, 15) is 30.3 Å². The average molecular weight is 475 g/mol. The van der Waals surface area contributed by atoms with E-state index in [1.807, 2.05) is 0 Å². The van der Waals surface area contributed by atoms with Crippen LogP contribution in [-0.2, 0) is 14.2 Å². The summed E-state index contributed by atoms with van der Waals surface area (Å²) in [5, 5.41) is 60.2. The predicted molar refractivity (Wildman–Crippen MR) is 108 cm³/mol. The normalized spacial score (nSPS) is 39.0. The summed E-state index contributed by atoms with van der Waals surface area (Å²) in [5.74, 6) is 0. The predicted octanol–water partition coefficient (Wildman–Crippen LogP) is -0.813. The molecule has 186 valence electrons. The minimum Gasteiger partial charge on any atom is -0.444 e. The van der Waals surface area contributed by atoms with Gasteiger partial charge in [0.05, 0.1) is 30.9 Å². The van der Waals surface area contributed by atoms with Crippen LogP contribution in [0.1, 0.15) is 27.2 Å². The Bertz CT molecular complexity index is 783. The Morgan fingerprint density at radius 3 is 2.27 bits per heavy atom. The van der Waals surface area contributed by atoms with E-state index < -0.39 is 79.3 Å². The molecule has 2 fully saturated rings. The zero-order valence-electron chi connectivity index (χ0n) is 18.2. The van der Waals surface area contributed by atoms with Gasteiger partial charge in [-0.3, -0.25) is 0 Å². The van der Waals surface area contributed by atoms with Crippen molar-refractivity contribution in [3.8, 4) is 0 Å². The van der Waals surface area contributed by atoms with Gasteiger partial charge in [0.25, 0.3) is 0 Å². The summed E-state index contributed by atoms with van der Waals surface area (Å²) in [6.07, 6.45) is -11.9. The second-order valence-corrected chi connectivity index (χ2v) is 8.74. The molecule has 1 heterocycles. The van der Waals surface area contributed by atoms with E-state index in [1.54, 1.807) is 20.8 Å². The molecule has 1 aliphatic carbocycles. The first-order valence-electron chi connectivity index (χ1n) is 10.2. The van der Waals surface area contributed by atoms with Crippen molar-refractivity contribution in [3.05, 3.63) is 20.9 Å². The van der Waals surface area contributed by atoms with E-state index in [2.05, 4.69) is 25.4 Å². The summed E-state index contributed by atoms with van der Waals surface area (Å²) < 4.78 is 16.2. The Hall–Kier alpha value is -2.39. The molecule has 1 saturated heterocycles. The number of azide groups is 2. The molecule has 10 atom stereocenters. The molecule has 1 aliphatic heterocycles. The van der Waals surface area contributed by atoms with Gasteiger partial charge in [-0.1, -0.05) is 10.2 Å². The number of amides is 1. The van der Waals surface area contributed by atoms with Crippen LogP contribution in [0.2, 0.25) is 0 Å². The first-order valence-corrected chi connectivity index (χ1v) is 10.2. The first kappa shape index (κ1) is 26.9. The number of aliphatic hydroxyl groups is 5. The first-order chi connectivity index (χ1) is 15.4. The molecule has 0 radical (unpaired) electrons. The molecule has 1 saturated carbocycles. The van der Waals surface area contributed by atoms with Crippen LogP contribution in [-0.4, -0.2) is 105 Å². The highest BCUT2D eigenvalue weighted by Crippen LogP contribution is 2.31. The fourth-order valence-electron chi connectivity index (χ4n) is 3.66. The van der Waals surface area contributed by atoms with Crippen molar-refractivity contribution < 1.29 is 44.5 Å². The molecule has 16 nitrogen and oxygen atoms in total. The summed E-state index contributed by atoms with van der Waals surface area (Å²) in [4.78, 5) is 17.4. The minimum atomic E-state index is -1.72. The maximum Gasteiger partial charge on any atom is 0.407 e. The van der Waals surface area contributed by atoms with Gasteiger partial charge in [-0.2, -0.15) is 0 Å². The Morgan fingerprint density at radius 2 is 1.73 bits per heavy atom. The van der Waals surface area contributed by atoms with Crippen molar-refractivity contribution in [2.45, 2.75) is 93.8 Å². The van der Waals surface area contributed by atoms with E-state index in [1.165, 1.54) is 0 Å². The highest BCUT2D eigenvalue weighted by molar-refractivity contribution is 5.68. The van der Waals surface area contributed by atoms with Crippen molar-refractivity contribution >= 4 is 6.09 Å². The average Bonchev–Trinajstić information content (AvgIpc) is 2.72. The fourth-order valence-corrected chi connectivity index (χ4v) is 3.66. The van der Waals surface area contributed by atoms with E-state index in [-0.39, 0.29) is 6.42 Å². The fraction of sp³-hybridized carbons (Fsp3) is 0.941. The van der Waals surface area contributed by atoms with Crippen molar-refractivity contribution in [2.24, 2.45) is 10.2 Å². The van der Waals surface area contributed by atoms with Gasteiger partial charge >= 0.3 is 6.09 Å². The molecular weight excluding hydrogens is 446 g/mol. The molecule has 6 N–H and O–H groups in total. The highest BCUT2D eigenvalue weighted by Gasteiger charge is 2.50. The Kier molecular flexibility index (Phi) is 9.08. The molecule has 0 aromatic carbocycles. The van der Waals surface area contributed by atoms with Gasteiger partial charge in [0.1, 0.15) is 36.1 Å². The maximum absolute atomic E-state index is 12.1. The van der Waals surface area contributed by atoms with Gasteiger partial charge in [-0.25, -0.2) is 4.79 Å². The summed E-state index contributed by atoms with van der Waals surface area (Å²) in [6, 6.07) is -3.69. The third-order valence-electron chi connectivity index (χ3n) is 5.20. The number of ether oxygens (including phenoxy) is 3. The van der Waals surface area contributed by atoms with Crippen LogP contribution in [0.15, 0.2) is 10.2 Å². The zero-order valence-corrected chi connectivity index (χ0v) is 18.2. The largest absolute Gasteiger partial charge is 0.444 e. The van der Waals surface area contributed by atoms with Crippen LogP contribution in [0, 0.1) is 0 Å². The summed E-state index contributed by atoms with van der Waals surface area (Å²) in [7, 11) is 0. The number of rotatable bonds is 6. The van der Waals surface area contributed by atoms with Crippen LogP contribution in [0.3, 0.4) is 0 Å². The number of aliphatic hydroxyl groups excluding tert-OH is 5. The number of nitrogens with zero attached hydrogens (tertiary/aromatic N) is 6.